The maximum Gasteiger partial charge on any atom is 0.193 e. The van der Waals surface area contributed by atoms with Crippen LogP contribution in [0, 0.1) is 5.92 Å². The van der Waals surface area contributed by atoms with Crippen LogP contribution >= 0.6 is 24.0 Å². The molecule has 2 aliphatic rings. The van der Waals surface area contributed by atoms with E-state index in [4.69, 9.17) is 4.74 Å². The quantitative estimate of drug-likeness (QED) is 0.293. The molecule has 2 saturated heterocycles. The molecule has 33 heavy (non-hydrogen) atoms. The van der Waals surface area contributed by atoms with Gasteiger partial charge in [-0.05, 0) is 49.7 Å². The molecule has 2 unspecified atom stereocenters. The van der Waals surface area contributed by atoms with Crippen LogP contribution in [-0.2, 0) is 11.2 Å². The van der Waals surface area contributed by atoms with Crippen LogP contribution in [0.2, 0.25) is 0 Å². The van der Waals surface area contributed by atoms with Gasteiger partial charge in [0.05, 0.1) is 0 Å². The summed E-state index contributed by atoms with van der Waals surface area (Å²) in [5.74, 6) is 1.71. The van der Waals surface area contributed by atoms with Gasteiger partial charge >= 0.3 is 0 Å². The minimum atomic E-state index is 0. The monoisotopic (exact) mass is 562 g/mol. The number of nitrogens with zero attached hydrogens (tertiary/aromatic N) is 2. The molecule has 4 rings (SSSR count). The van der Waals surface area contributed by atoms with Crippen molar-refractivity contribution in [2.75, 3.05) is 39.9 Å². The van der Waals surface area contributed by atoms with E-state index in [1.807, 2.05) is 7.05 Å². The lowest BCUT2D eigenvalue weighted by Crippen LogP contribution is -2.58. The number of hydrogen-bond acceptors (Lipinski definition) is 3. The molecule has 2 heterocycles. The van der Waals surface area contributed by atoms with Gasteiger partial charge in [-0.25, -0.2) is 0 Å². The number of halogens is 1. The van der Waals surface area contributed by atoms with Crippen molar-refractivity contribution in [2.24, 2.45) is 10.9 Å². The van der Waals surface area contributed by atoms with Gasteiger partial charge in [0.15, 0.2) is 5.96 Å². The molecule has 2 fully saturated rings. The van der Waals surface area contributed by atoms with Crippen molar-refractivity contribution in [1.29, 1.82) is 0 Å². The second kappa shape index (κ2) is 12.7. The Kier molecular flexibility index (Phi) is 10.0. The first-order valence-corrected chi connectivity index (χ1v) is 12.1. The summed E-state index contributed by atoms with van der Waals surface area (Å²) < 4.78 is 5.71. The molecule has 2 aromatic rings. The summed E-state index contributed by atoms with van der Waals surface area (Å²) in [4.78, 5) is 7.07. The Bertz CT molecular complexity index is 855. The lowest BCUT2D eigenvalue weighted by molar-refractivity contribution is 0.0353. The Morgan fingerprint density at radius 3 is 2.42 bits per heavy atom. The molecule has 0 radical (unpaired) electrons. The van der Waals surface area contributed by atoms with E-state index in [9.17, 15) is 0 Å². The molecular formula is C27H39IN4O. The van der Waals surface area contributed by atoms with Crippen molar-refractivity contribution < 1.29 is 4.74 Å². The van der Waals surface area contributed by atoms with E-state index < -0.39 is 0 Å². The van der Waals surface area contributed by atoms with Crippen molar-refractivity contribution in [2.45, 2.75) is 44.2 Å². The Balaban J connectivity index is 0.00000306. The standard InChI is InChI=1S/C27H38N4O.HI/c1-22(25-11-7-4-8-12-25)30-27(14-17-32-18-15-27)21-29-26(28-2)31-16-13-24(20-31)19-23-9-5-3-6-10-23;/h3-12,22,24,30H,13-21H2,1-2H3,(H,28,29);1H. The van der Waals surface area contributed by atoms with Crippen LogP contribution in [0.1, 0.15) is 43.4 Å². The van der Waals surface area contributed by atoms with Crippen molar-refractivity contribution in [3.8, 4) is 0 Å². The van der Waals surface area contributed by atoms with Crippen LogP contribution in [0.3, 0.4) is 0 Å². The highest BCUT2D eigenvalue weighted by molar-refractivity contribution is 14.0. The second-order valence-electron chi connectivity index (χ2n) is 9.36. The first-order chi connectivity index (χ1) is 15.7. The van der Waals surface area contributed by atoms with E-state index in [-0.39, 0.29) is 29.5 Å². The van der Waals surface area contributed by atoms with Crippen LogP contribution in [0.4, 0.5) is 0 Å². The predicted molar refractivity (Wildman–Crippen MR) is 147 cm³/mol. The number of nitrogens with one attached hydrogen (secondary N) is 2. The zero-order valence-electron chi connectivity index (χ0n) is 20.0. The molecule has 5 nitrogen and oxygen atoms in total. The van der Waals surface area contributed by atoms with Gasteiger partial charge in [0.25, 0.3) is 0 Å². The highest BCUT2D eigenvalue weighted by Gasteiger charge is 2.35. The SMILES string of the molecule is CN=C(NCC1(NC(C)c2ccccc2)CCOCC1)N1CCC(Cc2ccccc2)C1.I. The van der Waals surface area contributed by atoms with E-state index in [2.05, 4.69) is 88.1 Å². The van der Waals surface area contributed by atoms with Crippen molar-refractivity contribution in [1.82, 2.24) is 15.5 Å². The molecule has 0 saturated carbocycles. The summed E-state index contributed by atoms with van der Waals surface area (Å²) in [7, 11) is 1.91. The van der Waals surface area contributed by atoms with Gasteiger partial charge in [0.2, 0.25) is 0 Å². The summed E-state index contributed by atoms with van der Waals surface area (Å²) in [6.45, 7) is 6.87. The topological polar surface area (TPSA) is 48.9 Å². The number of hydrogen-bond donors (Lipinski definition) is 2. The normalized spacial score (nSPS) is 21.3. The fourth-order valence-electron chi connectivity index (χ4n) is 5.14. The van der Waals surface area contributed by atoms with Crippen LogP contribution in [0.25, 0.3) is 0 Å². The molecule has 0 bridgehead atoms. The molecule has 0 aliphatic carbocycles. The Hall–Kier alpha value is -1.64. The summed E-state index contributed by atoms with van der Waals surface area (Å²) in [6.07, 6.45) is 4.37. The van der Waals surface area contributed by atoms with Crippen LogP contribution in [0.5, 0.6) is 0 Å². The highest BCUT2D eigenvalue weighted by atomic mass is 127. The van der Waals surface area contributed by atoms with E-state index in [0.717, 1.165) is 58.1 Å². The Morgan fingerprint density at radius 2 is 1.76 bits per heavy atom. The fraction of sp³-hybridized carbons (Fsp3) is 0.519. The van der Waals surface area contributed by atoms with E-state index in [1.165, 1.54) is 17.5 Å². The van der Waals surface area contributed by atoms with Crippen LogP contribution in [-0.4, -0.2) is 56.3 Å². The van der Waals surface area contributed by atoms with Gasteiger partial charge in [-0.2, -0.15) is 0 Å². The van der Waals surface area contributed by atoms with Crippen molar-refractivity contribution in [3.63, 3.8) is 0 Å². The molecule has 0 aromatic heterocycles. The average molecular weight is 563 g/mol. The third-order valence-corrected chi connectivity index (χ3v) is 7.02. The first kappa shape index (κ1) is 26.0. The van der Waals surface area contributed by atoms with Gasteiger partial charge in [-0.15, -0.1) is 24.0 Å². The number of benzene rings is 2. The molecule has 2 aliphatic heterocycles. The van der Waals surface area contributed by atoms with E-state index in [0.29, 0.717) is 12.0 Å². The maximum absolute atomic E-state index is 5.71. The molecule has 6 heteroatoms. The molecule has 180 valence electrons. The maximum atomic E-state index is 5.71. The molecule has 2 atom stereocenters. The minimum absolute atomic E-state index is 0. The van der Waals surface area contributed by atoms with Crippen LogP contribution < -0.4 is 10.6 Å². The summed E-state index contributed by atoms with van der Waals surface area (Å²) >= 11 is 0. The number of rotatable bonds is 7. The Labute approximate surface area is 216 Å². The predicted octanol–water partition coefficient (Wildman–Crippen LogP) is 4.64. The van der Waals surface area contributed by atoms with Crippen molar-refractivity contribution in [3.05, 3.63) is 71.8 Å². The number of ether oxygens (including phenoxy) is 1. The number of likely N-dealkylation sites (tertiary alicyclic amines) is 1. The number of aliphatic imine (C=N–C) groups is 1. The fourth-order valence-corrected chi connectivity index (χ4v) is 5.14. The average Bonchev–Trinajstić information content (AvgIpc) is 3.29. The van der Waals surface area contributed by atoms with Gasteiger partial charge < -0.3 is 20.3 Å². The molecule has 2 aromatic carbocycles. The zero-order chi connectivity index (χ0) is 22.2. The summed E-state index contributed by atoms with van der Waals surface area (Å²) in [5, 5.41) is 7.67. The van der Waals surface area contributed by atoms with Gasteiger partial charge in [-0.1, -0.05) is 60.7 Å². The van der Waals surface area contributed by atoms with E-state index >= 15 is 0 Å². The minimum Gasteiger partial charge on any atom is -0.381 e. The first-order valence-electron chi connectivity index (χ1n) is 12.1. The van der Waals surface area contributed by atoms with Crippen molar-refractivity contribution >= 4 is 29.9 Å². The molecule has 0 spiro atoms. The Morgan fingerprint density at radius 1 is 1.09 bits per heavy atom. The summed E-state index contributed by atoms with van der Waals surface area (Å²) in [5.41, 5.74) is 2.76. The molecule has 0 amide bonds. The molecule has 2 N–H and O–H groups in total. The summed E-state index contributed by atoms with van der Waals surface area (Å²) in [6, 6.07) is 21.9. The smallest absolute Gasteiger partial charge is 0.193 e. The third-order valence-electron chi connectivity index (χ3n) is 7.02. The number of guanidine groups is 1. The van der Waals surface area contributed by atoms with Crippen LogP contribution in [0.15, 0.2) is 65.7 Å². The van der Waals surface area contributed by atoms with Gasteiger partial charge in [0, 0.05) is 51.5 Å². The van der Waals surface area contributed by atoms with Gasteiger partial charge in [-0.3, -0.25) is 4.99 Å². The lowest BCUT2D eigenvalue weighted by atomic mass is 9.88. The van der Waals surface area contributed by atoms with Gasteiger partial charge in [0.1, 0.15) is 0 Å². The highest BCUT2D eigenvalue weighted by Crippen LogP contribution is 2.26. The second-order valence-corrected chi connectivity index (χ2v) is 9.36. The third kappa shape index (κ3) is 7.17. The lowest BCUT2D eigenvalue weighted by Gasteiger charge is -2.41. The zero-order valence-corrected chi connectivity index (χ0v) is 22.3. The molecular weight excluding hydrogens is 523 g/mol. The van der Waals surface area contributed by atoms with E-state index in [1.54, 1.807) is 0 Å². The largest absolute Gasteiger partial charge is 0.381 e.